The Kier molecular flexibility index (Phi) is 4.54. The van der Waals surface area contributed by atoms with Gasteiger partial charge in [0.05, 0.1) is 18.1 Å². The lowest BCUT2D eigenvalue weighted by atomic mass is 10.0. The molecule has 1 aliphatic carbocycles. The first-order valence-electron chi connectivity index (χ1n) is 10.1. The molecule has 0 spiro atoms. The van der Waals surface area contributed by atoms with Crippen molar-refractivity contribution >= 4 is 17.0 Å². The maximum Gasteiger partial charge on any atom is 0.160 e. The first-order valence-corrected chi connectivity index (χ1v) is 10.1. The van der Waals surface area contributed by atoms with E-state index in [0.29, 0.717) is 11.3 Å². The van der Waals surface area contributed by atoms with Crippen LogP contribution in [-0.4, -0.2) is 26.1 Å². The summed E-state index contributed by atoms with van der Waals surface area (Å²) in [6.07, 6.45) is 8.87. The molecule has 1 aliphatic rings. The summed E-state index contributed by atoms with van der Waals surface area (Å²) in [5.74, 6) is 0.499. The highest BCUT2D eigenvalue weighted by atomic mass is 19.1. The van der Waals surface area contributed by atoms with E-state index in [1.165, 1.54) is 29.0 Å². The minimum Gasteiger partial charge on any atom is -0.369 e. The van der Waals surface area contributed by atoms with Crippen molar-refractivity contribution in [2.45, 2.75) is 26.7 Å². The molecule has 0 unspecified atom stereocenters. The fourth-order valence-corrected chi connectivity index (χ4v) is 4.12. The molecular weight excluding hydrogens is 377 g/mol. The molecule has 3 heterocycles. The van der Waals surface area contributed by atoms with Crippen LogP contribution in [0.25, 0.3) is 22.5 Å². The van der Waals surface area contributed by atoms with E-state index in [1.54, 1.807) is 12.4 Å². The second kappa shape index (κ2) is 7.37. The van der Waals surface area contributed by atoms with E-state index in [9.17, 15) is 4.39 Å². The summed E-state index contributed by atoms with van der Waals surface area (Å²) in [5, 5.41) is 8.06. The molecule has 3 aromatic heterocycles. The summed E-state index contributed by atoms with van der Waals surface area (Å²) in [6, 6.07) is 10.0. The topological polar surface area (TPSA) is 55.1 Å². The molecule has 0 saturated heterocycles. The number of nitrogens with zero attached hydrogens (tertiary/aromatic N) is 4. The number of halogens is 1. The van der Waals surface area contributed by atoms with Gasteiger partial charge in [0.25, 0.3) is 0 Å². The van der Waals surface area contributed by atoms with Gasteiger partial charge in [0, 0.05) is 29.4 Å². The molecular formula is C24H22FN5. The zero-order chi connectivity index (χ0) is 20.7. The quantitative estimate of drug-likeness (QED) is 0.514. The Bertz CT molecular complexity index is 1290. The number of rotatable bonds is 5. The van der Waals surface area contributed by atoms with E-state index >= 15 is 0 Å². The van der Waals surface area contributed by atoms with Crippen LogP contribution < -0.4 is 5.32 Å². The number of fused-ring (bicyclic) bond motifs is 2. The molecule has 4 aromatic rings. The molecule has 0 amide bonds. The normalized spacial score (nSPS) is 12.8. The highest BCUT2D eigenvalue weighted by Gasteiger charge is 2.17. The van der Waals surface area contributed by atoms with Crippen LogP contribution in [0.1, 0.15) is 28.7 Å². The maximum absolute atomic E-state index is 13.8. The number of benzene rings is 1. The van der Waals surface area contributed by atoms with E-state index in [4.69, 9.17) is 4.98 Å². The van der Waals surface area contributed by atoms with Gasteiger partial charge in [-0.2, -0.15) is 9.61 Å². The van der Waals surface area contributed by atoms with Gasteiger partial charge in [0.1, 0.15) is 11.6 Å². The third kappa shape index (κ3) is 3.14. The summed E-state index contributed by atoms with van der Waals surface area (Å²) in [7, 11) is 0. The van der Waals surface area contributed by atoms with Gasteiger partial charge in [0.2, 0.25) is 0 Å². The van der Waals surface area contributed by atoms with Crippen LogP contribution in [0.3, 0.4) is 0 Å². The van der Waals surface area contributed by atoms with Crippen molar-refractivity contribution in [3.8, 4) is 11.3 Å². The lowest BCUT2D eigenvalue weighted by molar-refractivity contribution is 0.622. The van der Waals surface area contributed by atoms with Crippen molar-refractivity contribution in [2.75, 3.05) is 11.9 Å². The van der Waals surface area contributed by atoms with Crippen LogP contribution in [0.2, 0.25) is 0 Å². The third-order valence-corrected chi connectivity index (χ3v) is 5.66. The summed E-state index contributed by atoms with van der Waals surface area (Å²) >= 11 is 0. The number of allylic oxidation sites excluding steroid dienone is 1. The number of aromatic nitrogens is 4. The average Bonchev–Trinajstić information content (AvgIpc) is 3.33. The van der Waals surface area contributed by atoms with Crippen molar-refractivity contribution in [1.29, 1.82) is 0 Å². The largest absolute Gasteiger partial charge is 0.369 e. The van der Waals surface area contributed by atoms with Crippen LogP contribution in [0, 0.1) is 19.7 Å². The van der Waals surface area contributed by atoms with Gasteiger partial charge in [0.15, 0.2) is 5.65 Å². The van der Waals surface area contributed by atoms with Crippen molar-refractivity contribution < 1.29 is 4.39 Å². The SMILES string of the molecule is Cc1c(-c2cncc(F)c2)nc2c(C)cnn2c1NCCC1=CCc2ccccc21. The molecule has 0 saturated carbocycles. The molecule has 0 radical (unpaired) electrons. The molecule has 0 bridgehead atoms. The number of hydrogen-bond acceptors (Lipinski definition) is 4. The van der Waals surface area contributed by atoms with E-state index in [1.807, 2.05) is 18.4 Å². The Hall–Kier alpha value is -3.54. The van der Waals surface area contributed by atoms with Crippen molar-refractivity contribution in [3.63, 3.8) is 0 Å². The fourth-order valence-electron chi connectivity index (χ4n) is 4.12. The zero-order valence-electron chi connectivity index (χ0n) is 17.0. The third-order valence-electron chi connectivity index (χ3n) is 5.66. The summed E-state index contributed by atoms with van der Waals surface area (Å²) in [4.78, 5) is 8.76. The Balaban J connectivity index is 1.47. The van der Waals surface area contributed by atoms with E-state index in [2.05, 4.69) is 45.7 Å². The Labute approximate surface area is 174 Å². The van der Waals surface area contributed by atoms with Crippen LogP contribution in [0.4, 0.5) is 10.2 Å². The van der Waals surface area contributed by atoms with Crippen molar-refractivity contribution in [3.05, 3.63) is 83.1 Å². The van der Waals surface area contributed by atoms with Crippen LogP contribution in [-0.2, 0) is 6.42 Å². The molecule has 150 valence electrons. The Morgan fingerprint density at radius 3 is 2.87 bits per heavy atom. The summed E-state index contributed by atoms with van der Waals surface area (Å²) in [5.41, 5.74) is 8.11. The number of nitrogens with one attached hydrogen (secondary N) is 1. The predicted octanol–water partition coefficient (Wildman–Crippen LogP) is 4.99. The molecule has 1 N–H and O–H groups in total. The monoisotopic (exact) mass is 399 g/mol. The van der Waals surface area contributed by atoms with Gasteiger partial charge >= 0.3 is 0 Å². The highest BCUT2D eigenvalue weighted by Crippen LogP contribution is 2.31. The molecule has 6 heteroatoms. The smallest absolute Gasteiger partial charge is 0.160 e. The fraction of sp³-hybridized carbons (Fsp3) is 0.208. The molecule has 0 atom stereocenters. The number of hydrogen-bond donors (Lipinski definition) is 1. The molecule has 1 aromatic carbocycles. The minimum absolute atomic E-state index is 0.375. The average molecular weight is 399 g/mol. The van der Waals surface area contributed by atoms with E-state index in [0.717, 1.165) is 42.0 Å². The standard InChI is InChI=1S/C24H22FN5/c1-15-12-28-30-23(15)29-22(19-11-20(25)14-26-13-19)16(2)24(30)27-10-9-18-8-7-17-5-3-4-6-21(17)18/h3-6,8,11-14,27H,7,9-10H2,1-2H3. The second-order valence-corrected chi connectivity index (χ2v) is 7.66. The van der Waals surface area contributed by atoms with Gasteiger partial charge in [-0.25, -0.2) is 9.37 Å². The zero-order valence-corrected chi connectivity index (χ0v) is 17.0. The lowest BCUT2D eigenvalue weighted by Gasteiger charge is -2.15. The number of anilines is 1. The summed E-state index contributed by atoms with van der Waals surface area (Å²) < 4.78 is 15.6. The van der Waals surface area contributed by atoms with E-state index in [-0.39, 0.29) is 5.82 Å². The van der Waals surface area contributed by atoms with Crippen LogP contribution in [0.15, 0.2) is 55.0 Å². The predicted molar refractivity (Wildman–Crippen MR) is 117 cm³/mol. The Morgan fingerprint density at radius 1 is 1.13 bits per heavy atom. The minimum atomic E-state index is -0.375. The van der Waals surface area contributed by atoms with E-state index < -0.39 is 0 Å². The van der Waals surface area contributed by atoms with Gasteiger partial charge in [-0.1, -0.05) is 30.3 Å². The molecule has 5 nitrogen and oxygen atoms in total. The van der Waals surface area contributed by atoms with Crippen molar-refractivity contribution in [2.24, 2.45) is 0 Å². The number of aryl methyl sites for hydroxylation is 1. The van der Waals surface area contributed by atoms with Gasteiger partial charge < -0.3 is 5.32 Å². The lowest BCUT2D eigenvalue weighted by Crippen LogP contribution is -2.11. The van der Waals surface area contributed by atoms with Crippen LogP contribution >= 0.6 is 0 Å². The van der Waals surface area contributed by atoms with Gasteiger partial charge in [-0.3, -0.25) is 4.98 Å². The first kappa shape index (κ1) is 18.5. The first-order chi connectivity index (χ1) is 14.6. The van der Waals surface area contributed by atoms with Gasteiger partial charge in [-0.05, 0) is 49.5 Å². The number of pyridine rings is 1. The second-order valence-electron chi connectivity index (χ2n) is 7.66. The van der Waals surface area contributed by atoms with Gasteiger partial charge in [-0.15, -0.1) is 0 Å². The summed E-state index contributed by atoms with van der Waals surface area (Å²) in [6.45, 7) is 4.72. The molecule has 30 heavy (non-hydrogen) atoms. The van der Waals surface area contributed by atoms with Crippen molar-refractivity contribution in [1.82, 2.24) is 19.6 Å². The molecule has 0 aliphatic heterocycles. The highest BCUT2D eigenvalue weighted by molar-refractivity contribution is 5.74. The Morgan fingerprint density at radius 2 is 2.00 bits per heavy atom. The molecule has 5 rings (SSSR count). The van der Waals surface area contributed by atoms with Crippen LogP contribution in [0.5, 0.6) is 0 Å². The maximum atomic E-state index is 13.8. The molecule has 0 fully saturated rings.